The first-order valence-corrected chi connectivity index (χ1v) is 7.60. The van der Waals surface area contributed by atoms with E-state index in [-0.39, 0.29) is 0 Å². The van der Waals surface area contributed by atoms with E-state index in [9.17, 15) is 0 Å². The lowest BCUT2D eigenvalue weighted by Crippen LogP contribution is -2.07. The van der Waals surface area contributed by atoms with Gasteiger partial charge in [0.05, 0.1) is 0 Å². The second-order valence-electron chi connectivity index (χ2n) is 5.55. The number of benzene rings is 1. The van der Waals surface area contributed by atoms with Crippen molar-refractivity contribution in [3.63, 3.8) is 0 Å². The maximum absolute atomic E-state index is 4.47. The molecule has 0 spiro atoms. The largest absolute Gasteiger partial charge is 0.370 e. The Morgan fingerprint density at radius 1 is 1.10 bits per heavy atom. The standard InChI is InChI=1S/C17H24N4/c1-4-14-5-7-15(8-6-14)20-17-19-12-10-16(21-17)18-11-9-13(2)3/h5-8,10,12-13H,4,9,11H2,1-3H3,(H2,18,19,20,21). The maximum Gasteiger partial charge on any atom is 0.229 e. The normalized spacial score (nSPS) is 10.7. The Morgan fingerprint density at radius 3 is 2.52 bits per heavy atom. The molecule has 4 heteroatoms. The quantitative estimate of drug-likeness (QED) is 0.798. The molecule has 0 aliphatic heterocycles. The topological polar surface area (TPSA) is 49.8 Å². The molecule has 0 amide bonds. The number of anilines is 3. The molecular weight excluding hydrogens is 260 g/mol. The molecule has 112 valence electrons. The van der Waals surface area contributed by atoms with E-state index in [0.29, 0.717) is 11.9 Å². The predicted octanol–water partition coefficient (Wildman–Crippen LogP) is 4.24. The summed E-state index contributed by atoms with van der Waals surface area (Å²) < 4.78 is 0. The summed E-state index contributed by atoms with van der Waals surface area (Å²) in [5.74, 6) is 2.17. The lowest BCUT2D eigenvalue weighted by atomic mass is 10.1. The fraction of sp³-hybridized carbons (Fsp3) is 0.412. The molecule has 2 N–H and O–H groups in total. The van der Waals surface area contributed by atoms with Crippen LogP contribution < -0.4 is 10.6 Å². The van der Waals surface area contributed by atoms with Crippen molar-refractivity contribution in [1.82, 2.24) is 9.97 Å². The third-order valence-electron chi connectivity index (χ3n) is 3.30. The number of nitrogens with one attached hydrogen (secondary N) is 2. The Balaban J connectivity index is 1.96. The molecule has 0 radical (unpaired) electrons. The molecule has 0 atom stereocenters. The van der Waals surface area contributed by atoms with Crippen LogP contribution >= 0.6 is 0 Å². The zero-order valence-electron chi connectivity index (χ0n) is 13.1. The summed E-state index contributed by atoms with van der Waals surface area (Å²) in [6.45, 7) is 7.51. The third-order valence-corrected chi connectivity index (χ3v) is 3.30. The van der Waals surface area contributed by atoms with E-state index in [0.717, 1.165) is 30.9 Å². The summed E-state index contributed by atoms with van der Waals surface area (Å²) >= 11 is 0. The number of aryl methyl sites for hydroxylation is 1. The van der Waals surface area contributed by atoms with Crippen molar-refractivity contribution in [3.8, 4) is 0 Å². The van der Waals surface area contributed by atoms with Crippen LogP contribution in [-0.2, 0) is 6.42 Å². The molecule has 1 heterocycles. The van der Waals surface area contributed by atoms with Gasteiger partial charge in [0.1, 0.15) is 5.82 Å². The van der Waals surface area contributed by atoms with Gasteiger partial charge in [-0.3, -0.25) is 0 Å². The molecule has 0 bridgehead atoms. The average molecular weight is 284 g/mol. The van der Waals surface area contributed by atoms with Crippen LogP contribution in [0, 0.1) is 5.92 Å². The molecule has 0 unspecified atom stereocenters. The second-order valence-corrected chi connectivity index (χ2v) is 5.55. The van der Waals surface area contributed by atoms with Crippen LogP contribution in [0.2, 0.25) is 0 Å². The zero-order chi connectivity index (χ0) is 15.1. The van der Waals surface area contributed by atoms with Gasteiger partial charge >= 0.3 is 0 Å². The zero-order valence-corrected chi connectivity index (χ0v) is 13.1. The highest BCUT2D eigenvalue weighted by atomic mass is 15.1. The van der Waals surface area contributed by atoms with Crippen molar-refractivity contribution >= 4 is 17.5 Å². The Morgan fingerprint density at radius 2 is 1.86 bits per heavy atom. The van der Waals surface area contributed by atoms with Crippen LogP contribution in [0.15, 0.2) is 36.5 Å². The van der Waals surface area contributed by atoms with E-state index < -0.39 is 0 Å². The van der Waals surface area contributed by atoms with Gasteiger partial charge in [0.15, 0.2) is 0 Å². The monoisotopic (exact) mass is 284 g/mol. The lowest BCUT2D eigenvalue weighted by molar-refractivity contribution is 0.606. The summed E-state index contributed by atoms with van der Waals surface area (Å²) in [5.41, 5.74) is 2.33. The first-order chi connectivity index (χ1) is 10.2. The van der Waals surface area contributed by atoms with Gasteiger partial charge in [-0.15, -0.1) is 0 Å². The van der Waals surface area contributed by atoms with Gasteiger partial charge < -0.3 is 10.6 Å². The summed E-state index contributed by atoms with van der Waals surface area (Å²) in [6, 6.07) is 10.2. The van der Waals surface area contributed by atoms with E-state index in [1.807, 2.05) is 6.07 Å². The van der Waals surface area contributed by atoms with E-state index in [1.54, 1.807) is 6.20 Å². The molecule has 21 heavy (non-hydrogen) atoms. The van der Waals surface area contributed by atoms with Gasteiger partial charge in [-0.25, -0.2) is 4.98 Å². The van der Waals surface area contributed by atoms with Gasteiger partial charge in [0.2, 0.25) is 5.95 Å². The number of rotatable bonds is 7. The fourth-order valence-corrected chi connectivity index (χ4v) is 1.96. The van der Waals surface area contributed by atoms with E-state index in [4.69, 9.17) is 0 Å². The minimum Gasteiger partial charge on any atom is -0.370 e. The Hall–Kier alpha value is -2.10. The van der Waals surface area contributed by atoms with Gasteiger partial charge in [-0.05, 0) is 42.5 Å². The van der Waals surface area contributed by atoms with Crippen molar-refractivity contribution in [2.75, 3.05) is 17.2 Å². The highest BCUT2D eigenvalue weighted by Crippen LogP contribution is 2.15. The molecular formula is C17H24N4. The van der Waals surface area contributed by atoms with Crippen molar-refractivity contribution in [3.05, 3.63) is 42.1 Å². The van der Waals surface area contributed by atoms with Crippen molar-refractivity contribution in [2.24, 2.45) is 5.92 Å². The Bertz CT molecular complexity index is 549. The molecule has 1 aromatic heterocycles. The van der Waals surface area contributed by atoms with Crippen LogP contribution in [0.5, 0.6) is 0 Å². The molecule has 0 saturated heterocycles. The van der Waals surface area contributed by atoms with E-state index in [1.165, 1.54) is 5.56 Å². The van der Waals surface area contributed by atoms with E-state index in [2.05, 4.69) is 65.6 Å². The first-order valence-electron chi connectivity index (χ1n) is 7.60. The fourth-order valence-electron chi connectivity index (χ4n) is 1.96. The van der Waals surface area contributed by atoms with Crippen LogP contribution in [0.3, 0.4) is 0 Å². The average Bonchev–Trinajstić information content (AvgIpc) is 2.48. The third kappa shape index (κ3) is 5.06. The highest BCUT2D eigenvalue weighted by molar-refractivity contribution is 5.55. The number of nitrogens with zero attached hydrogens (tertiary/aromatic N) is 2. The van der Waals surface area contributed by atoms with E-state index >= 15 is 0 Å². The van der Waals surface area contributed by atoms with Crippen molar-refractivity contribution < 1.29 is 0 Å². The van der Waals surface area contributed by atoms with Crippen LogP contribution in [0.25, 0.3) is 0 Å². The smallest absolute Gasteiger partial charge is 0.229 e. The van der Waals surface area contributed by atoms with Crippen molar-refractivity contribution in [1.29, 1.82) is 0 Å². The predicted molar refractivity (Wildman–Crippen MR) is 89.1 cm³/mol. The van der Waals surface area contributed by atoms with Gasteiger partial charge in [-0.2, -0.15) is 4.98 Å². The second kappa shape index (κ2) is 7.62. The summed E-state index contributed by atoms with van der Waals surface area (Å²) in [5, 5.41) is 6.56. The molecule has 2 aromatic rings. The summed E-state index contributed by atoms with van der Waals surface area (Å²) in [6.07, 6.45) is 3.95. The molecule has 0 aliphatic rings. The number of hydrogen-bond acceptors (Lipinski definition) is 4. The lowest BCUT2D eigenvalue weighted by Gasteiger charge is -2.09. The molecule has 2 rings (SSSR count). The molecule has 0 saturated carbocycles. The number of hydrogen-bond donors (Lipinski definition) is 2. The van der Waals surface area contributed by atoms with Gasteiger partial charge in [0.25, 0.3) is 0 Å². The van der Waals surface area contributed by atoms with Gasteiger partial charge in [-0.1, -0.05) is 32.9 Å². The SMILES string of the molecule is CCc1ccc(Nc2nccc(NCCC(C)C)n2)cc1. The maximum atomic E-state index is 4.47. The summed E-state index contributed by atoms with van der Waals surface area (Å²) in [7, 11) is 0. The number of aromatic nitrogens is 2. The molecule has 0 aliphatic carbocycles. The Labute approximate surface area is 127 Å². The Kier molecular flexibility index (Phi) is 5.55. The van der Waals surface area contributed by atoms with Crippen LogP contribution in [0.1, 0.15) is 32.8 Å². The van der Waals surface area contributed by atoms with Crippen molar-refractivity contribution in [2.45, 2.75) is 33.6 Å². The first kappa shape index (κ1) is 15.3. The summed E-state index contributed by atoms with van der Waals surface area (Å²) in [4.78, 5) is 8.73. The van der Waals surface area contributed by atoms with Crippen LogP contribution in [0.4, 0.5) is 17.5 Å². The molecule has 0 fully saturated rings. The van der Waals surface area contributed by atoms with Crippen LogP contribution in [-0.4, -0.2) is 16.5 Å². The molecule has 4 nitrogen and oxygen atoms in total. The molecule has 1 aromatic carbocycles. The van der Waals surface area contributed by atoms with Gasteiger partial charge in [0, 0.05) is 18.4 Å². The highest BCUT2D eigenvalue weighted by Gasteiger charge is 2.01. The minimum absolute atomic E-state index is 0.619. The minimum atomic E-state index is 0.619.